The smallest absolute Gasteiger partial charge is 0.179 e. The Labute approximate surface area is 132 Å². The molecular formula is C17H24ClNO2. The number of piperidine rings is 1. The molecule has 1 aliphatic carbocycles. The fourth-order valence-electron chi connectivity index (χ4n) is 2.94. The zero-order valence-electron chi connectivity index (χ0n) is 12.7. The maximum atomic E-state index is 6.42. The summed E-state index contributed by atoms with van der Waals surface area (Å²) in [6.07, 6.45) is 6.09. The van der Waals surface area contributed by atoms with Crippen molar-refractivity contribution in [3.05, 3.63) is 22.7 Å². The number of benzene rings is 1. The minimum atomic E-state index is 0.680. The van der Waals surface area contributed by atoms with Gasteiger partial charge in [-0.2, -0.15) is 0 Å². The number of nitrogens with one attached hydrogen (secondary N) is 1. The van der Waals surface area contributed by atoms with E-state index in [9.17, 15) is 0 Å². The lowest BCUT2D eigenvalue weighted by molar-refractivity contribution is 0.280. The lowest BCUT2D eigenvalue weighted by Crippen LogP contribution is -2.28. The summed E-state index contributed by atoms with van der Waals surface area (Å²) in [7, 11) is 1.68. The minimum Gasteiger partial charge on any atom is -0.493 e. The van der Waals surface area contributed by atoms with Crippen molar-refractivity contribution in [2.45, 2.75) is 32.1 Å². The third-order valence-corrected chi connectivity index (χ3v) is 4.71. The molecule has 0 atom stereocenters. The van der Waals surface area contributed by atoms with E-state index in [0.717, 1.165) is 37.8 Å². The SMILES string of the molecule is COc1cc(CC2CCNCC2)cc(Cl)c1OCC1CC1. The first-order chi connectivity index (χ1) is 10.3. The van der Waals surface area contributed by atoms with Gasteiger partial charge in [-0.25, -0.2) is 0 Å². The van der Waals surface area contributed by atoms with Crippen LogP contribution in [0.1, 0.15) is 31.2 Å². The molecule has 116 valence electrons. The Bertz CT molecular complexity index is 482. The standard InChI is InChI=1S/C17H24ClNO2/c1-20-16-10-14(8-12-4-6-19-7-5-12)9-15(18)17(16)21-11-13-2-3-13/h9-10,12-13,19H,2-8,11H2,1H3. The third-order valence-electron chi connectivity index (χ3n) is 4.43. The number of methoxy groups -OCH3 is 1. The zero-order valence-corrected chi connectivity index (χ0v) is 13.4. The molecule has 1 N–H and O–H groups in total. The molecule has 21 heavy (non-hydrogen) atoms. The van der Waals surface area contributed by atoms with Crippen LogP contribution in [0.2, 0.25) is 5.02 Å². The predicted octanol–water partition coefficient (Wildman–Crippen LogP) is 3.68. The fourth-order valence-corrected chi connectivity index (χ4v) is 3.22. The average molecular weight is 310 g/mol. The first-order valence-corrected chi connectivity index (χ1v) is 8.34. The Morgan fingerprint density at radius 3 is 2.57 bits per heavy atom. The van der Waals surface area contributed by atoms with Crippen LogP contribution < -0.4 is 14.8 Å². The van der Waals surface area contributed by atoms with E-state index in [1.165, 1.54) is 31.2 Å². The van der Waals surface area contributed by atoms with Gasteiger partial charge < -0.3 is 14.8 Å². The van der Waals surface area contributed by atoms with Gasteiger partial charge in [-0.1, -0.05) is 11.6 Å². The fraction of sp³-hybridized carbons (Fsp3) is 0.647. The van der Waals surface area contributed by atoms with Crippen molar-refractivity contribution in [1.29, 1.82) is 0 Å². The lowest BCUT2D eigenvalue weighted by atomic mass is 9.91. The summed E-state index contributed by atoms with van der Waals surface area (Å²) in [5.74, 6) is 2.93. The second kappa shape index (κ2) is 6.89. The molecular weight excluding hydrogens is 286 g/mol. The van der Waals surface area contributed by atoms with Crippen molar-refractivity contribution in [2.75, 3.05) is 26.8 Å². The average Bonchev–Trinajstić information content (AvgIpc) is 3.31. The van der Waals surface area contributed by atoms with E-state index in [-0.39, 0.29) is 0 Å². The summed E-state index contributed by atoms with van der Waals surface area (Å²) < 4.78 is 11.3. The van der Waals surface area contributed by atoms with Crippen LogP contribution in [-0.2, 0) is 6.42 Å². The first-order valence-electron chi connectivity index (χ1n) is 7.96. The van der Waals surface area contributed by atoms with Gasteiger partial charge in [-0.15, -0.1) is 0 Å². The minimum absolute atomic E-state index is 0.680. The maximum absolute atomic E-state index is 6.42. The molecule has 3 rings (SSSR count). The number of halogens is 1. The molecule has 0 aromatic heterocycles. The molecule has 0 amide bonds. The Hall–Kier alpha value is -0.930. The van der Waals surface area contributed by atoms with Crippen LogP contribution in [0.25, 0.3) is 0 Å². The van der Waals surface area contributed by atoms with Gasteiger partial charge in [0.15, 0.2) is 11.5 Å². The van der Waals surface area contributed by atoms with Gasteiger partial charge in [0, 0.05) is 0 Å². The number of hydrogen-bond donors (Lipinski definition) is 1. The van der Waals surface area contributed by atoms with E-state index in [2.05, 4.69) is 11.4 Å². The van der Waals surface area contributed by atoms with Gasteiger partial charge >= 0.3 is 0 Å². The highest BCUT2D eigenvalue weighted by Gasteiger charge is 2.24. The molecule has 2 aliphatic rings. The van der Waals surface area contributed by atoms with E-state index in [4.69, 9.17) is 21.1 Å². The molecule has 0 radical (unpaired) electrons. The molecule has 1 aromatic carbocycles. The molecule has 1 aromatic rings. The summed E-state index contributed by atoms with van der Waals surface area (Å²) in [4.78, 5) is 0. The molecule has 1 saturated carbocycles. The Balaban J connectivity index is 1.70. The second-order valence-electron chi connectivity index (χ2n) is 6.26. The van der Waals surface area contributed by atoms with Crippen LogP contribution in [-0.4, -0.2) is 26.8 Å². The quantitative estimate of drug-likeness (QED) is 0.869. The monoisotopic (exact) mass is 309 g/mol. The Morgan fingerprint density at radius 1 is 1.14 bits per heavy atom. The van der Waals surface area contributed by atoms with Crippen LogP contribution in [0.3, 0.4) is 0 Å². The molecule has 0 spiro atoms. The van der Waals surface area contributed by atoms with Gasteiger partial charge in [-0.3, -0.25) is 0 Å². The van der Waals surface area contributed by atoms with Crippen molar-refractivity contribution in [1.82, 2.24) is 5.32 Å². The third kappa shape index (κ3) is 4.04. The van der Waals surface area contributed by atoms with Crippen molar-refractivity contribution in [3.63, 3.8) is 0 Å². The predicted molar refractivity (Wildman–Crippen MR) is 85.5 cm³/mol. The molecule has 0 unspecified atom stereocenters. The van der Waals surface area contributed by atoms with E-state index in [0.29, 0.717) is 16.7 Å². The molecule has 2 fully saturated rings. The highest BCUT2D eigenvalue weighted by atomic mass is 35.5. The van der Waals surface area contributed by atoms with Gasteiger partial charge in [0.25, 0.3) is 0 Å². The normalized spacial score (nSPS) is 19.5. The summed E-state index contributed by atoms with van der Waals surface area (Å²) in [6, 6.07) is 4.14. The van der Waals surface area contributed by atoms with Crippen LogP contribution in [0, 0.1) is 11.8 Å². The van der Waals surface area contributed by atoms with Crippen molar-refractivity contribution in [3.8, 4) is 11.5 Å². The topological polar surface area (TPSA) is 30.5 Å². The van der Waals surface area contributed by atoms with Crippen LogP contribution in [0.15, 0.2) is 12.1 Å². The van der Waals surface area contributed by atoms with Crippen molar-refractivity contribution >= 4 is 11.6 Å². The summed E-state index contributed by atoms with van der Waals surface area (Å²) >= 11 is 6.42. The number of ether oxygens (including phenoxy) is 2. The molecule has 1 heterocycles. The highest BCUT2D eigenvalue weighted by Crippen LogP contribution is 2.39. The van der Waals surface area contributed by atoms with Crippen LogP contribution in [0.4, 0.5) is 0 Å². The largest absolute Gasteiger partial charge is 0.493 e. The summed E-state index contributed by atoms with van der Waals surface area (Å²) in [5, 5.41) is 4.09. The van der Waals surface area contributed by atoms with Crippen LogP contribution >= 0.6 is 11.6 Å². The van der Waals surface area contributed by atoms with E-state index in [1.807, 2.05) is 6.07 Å². The van der Waals surface area contributed by atoms with Gasteiger partial charge in [-0.05, 0) is 74.7 Å². The first kappa shape index (κ1) is 15.0. The Kier molecular flexibility index (Phi) is 4.91. The van der Waals surface area contributed by atoms with Crippen molar-refractivity contribution in [2.24, 2.45) is 11.8 Å². The second-order valence-corrected chi connectivity index (χ2v) is 6.67. The molecule has 1 saturated heterocycles. The van der Waals surface area contributed by atoms with Gasteiger partial charge in [0.2, 0.25) is 0 Å². The number of rotatable bonds is 6. The Morgan fingerprint density at radius 2 is 1.90 bits per heavy atom. The zero-order chi connectivity index (χ0) is 14.7. The lowest BCUT2D eigenvalue weighted by Gasteiger charge is -2.23. The number of hydrogen-bond acceptors (Lipinski definition) is 3. The molecule has 3 nitrogen and oxygen atoms in total. The van der Waals surface area contributed by atoms with Crippen LogP contribution in [0.5, 0.6) is 11.5 Å². The molecule has 0 bridgehead atoms. The highest BCUT2D eigenvalue weighted by molar-refractivity contribution is 6.32. The van der Waals surface area contributed by atoms with E-state index in [1.54, 1.807) is 7.11 Å². The molecule has 4 heteroatoms. The van der Waals surface area contributed by atoms with Crippen molar-refractivity contribution < 1.29 is 9.47 Å². The van der Waals surface area contributed by atoms with E-state index >= 15 is 0 Å². The van der Waals surface area contributed by atoms with E-state index < -0.39 is 0 Å². The summed E-state index contributed by atoms with van der Waals surface area (Å²) in [5.41, 5.74) is 1.25. The maximum Gasteiger partial charge on any atom is 0.179 e. The molecule has 1 aliphatic heterocycles. The summed E-state index contributed by atoms with van der Waals surface area (Å²) in [6.45, 7) is 3.00. The van der Waals surface area contributed by atoms with Gasteiger partial charge in [0.05, 0.1) is 18.7 Å². The van der Waals surface area contributed by atoms with Gasteiger partial charge in [0.1, 0.15) is 0 Å².